The quantitative estimate of drug-likeness (QED) is 0.0945. The number of aliphatic hydroxyl groups is 2. The van der Waals surface area contributed by atoms with E-state index in [1.807, 2.05) is 66.7 Å². The number of benzene rings is 2. The number of pyridine rings is 1. The molecule has 6 rings (SSSR count). The molecular formula is C34H41N9O4. The van der Waals surface area contributed by atoms with E-state index in [1.54, 1.807) is 16.8 Å². The fourth-order valence-electron chi connectivity index (χ4n) is 6.02. The van der Waals surface area contributed by atoms with E-state index >= 15 is 0 Å². The van der Waals surface area contributed by atoms with Gasteiger partial charge < -0.3 is 37.1 Å². The Hall–Kier alpha value is -4.66. The van der Waals surface area contributed by atoms with Gasteiger partial charge in [-0.1, -0.05) is 60.7 Å². The number of rotatable bonds is 14. The molecule has 1 aliphatic rings. The highest BCUT2D eigenvalue weighted by molar-refractivity contribution is 5.83. The summed E-state index contributed by atoms with van der Waals surface area (Å²) in [4.78, 5) is 21.6. The highest BCUT2D eigenvalue weighted by Gasteiger charge is 2.45. The first-order chi connectivity index (χ1) is 22.9. The van der Waals surface area contributed by atoms with E-state index in [9.17, 15) is 15.0 Å². The number of carbonyl (C=O) groups is 1. The molecule has 1 saturated heterocycles. The zero-order chi connectivity index (χ0) is 32.8. The maximum absolute atomic E-state index is 12.9. The Balaban J connectivity index is 1.07. The fraction of sp³-hybridized carbons (Fsp3) is 0.353. The van der Waals surface area contributed by atoms with Crippen LogP contribution in [0.3, 0.4) is 0 Å². The second kappa shape index (κ2) is 14.8. The van der Waals surface area contributed by atoms with Crippen molar-refractivity contribution in [3.05, 3.63) is 96.6 Å². The highest BCUT2D eigenvalue weighted by Crippen LogP contribution is 2.35. The van der Waals surface area contributed by atoms with Gasteiger partial charge in [0.1, 0.15) is 17.7 Å². The van der Waals surface area contributed by atoms with Crippen LogP contribution in [-0.4, -0.2) is 71.8 Å². The number of hydrogen-bond donors (Lipinski definition) is 7. The van der Waals surface area contributed by atoms with Gasteiger partial charge in [-0.3, -0.25) is 14.5 Å². The molecule has 47 heavy (non-hydrogen) atoms. The zero-order valence-corrected chi connectivity index (χ0v) is 25.9. The summed E-state index contributed by atoms with van der Waals surface area (Å²) in [6, 6.07) is 22.7. The number of amides is 1. The monoisotopic (exact) mass is 639 g/mol. The van der Waals surface area contributed by atoms with Crippen LogP contribution >= 0.6 is 0 Å². The lowest BCUT2D eigenvalue weighted by atomic mass is 9.91. The molecule has 4 heterocycles. The standard InChI is InChI=1S/C34H41N9O4/c35-25-13-14-38-32-29(25)40-20-43(32)34-31(45)30(44)28(47-34)15-22(18-37-17-21-7-3-1-4-8-21)11-12-26(36)33(46)39-19-24-16-27(42-41-24)23-9-5-2-6-10-23/h1-10,13-14,16,20,22,26,28,30-31,34,37,44-45H,11-12,15,17-19,36H2,(H2,35,38)(H,39,46)(H,41,42)/t22-,26-,28+,30-,31?,34+/m0/s1. The summed E-state index contributed by atoms with van der Waals surface area (Å²) in [5, 5.41) is 35.8. The van der Waals surface area contributed by atoms with Gasteiger partial charge in [0.25, 0.3) is 0 Å². The topological polar surface area (TPSA) is 202 Å². The van der Waals surface area contributed by atoms with E-state index in [4.69, 9.17) is 16.2 Å². The summed E-state index contributed by atoms with van der Waals surface area (Å²) in [7, 11) is 0. The lowest BCUT2D eigenvalue weighted by Gasteiger charge is -2.24. The van der Waals surface area contributed by atoms with Crippen molar-refractivity contribution in [1.29, 1.82) is 0 Å². The molecule has 6 atom stereocenters. The minimum absolute atomic E-state index is 0.0174. The predicted octanol–water partition coefficient (Wildman–Crippen LogP) is 2.24. The van der Waals surface area contributed by atoms with Crippen molar-refractivity contribution in [3.8, 4) is 11.3 Å². The largest absolute Gasteiger partial charge is 0.397 e. The van der Waals surface area contributed by atoms with Crippen LogP contribution in [0.4, 0.5) is 5.69 Å². The van der Waals surface area contributed by atoms with Crippen molar-refractivity contribution in [2.24, 2.45) is 11.7 Å². The third-order valence-corrected chi connectivity index (χ3v) is 8.66. The van der Waals surface area contributed by atoms with Crippen LogP contribution in [0, 0.1) is 5.92 Å². The molecule has 0 saturated carbocycles. The number of H-pyrrole nitrogens is 1. The molecule has 9 N–H and O–H groups in total. The second-order valence-corrected chi connectivity index (χ2v) is 12.0. The molecule has 0 radical (unpaired) electrons. The minimum Gasteiger partial charge on any atom is -0.397 e. The Morgan fingerprint density at radius 3 is 2.55 bits per heavy atom. The van der Waals surface area contributed by atoms with Crippen LogP contribution in [0.2, 0.25) is 0 Å². The van der Waals surface area contributed by atoms with Crippen LogP contribution in [0.5, 0.6) is 0 Å². The van der Waals surface area contributed by atoms with E-state index in [0.29, 0.717) is 54.9 Å². The van der Waals surface area contributed by atoms with Crippen molar-refractivity contribution in [2.75, 3.05) is 12.3 Å². The lowest BCUT2D eigenvalue weighted by Crippen LogP contribution is -2.41. The number of nitrogen functional groups attached to an aromatic ring is 1. The van der Waals surface area contributed by atoms with Crippen LogP contribution in [0.15, 0.2) is 85.3 Å². The highest BCUT2D eigenvalue weighted by atomic mass is 16.6. The number of nitrogens with one attached hydrogen (secondary N) is 3. The number of carbonyl (C=O) groups excluding carboxylic acids is 1. The Kier molecular flexibility index (Phi) is 10.2. The van der Waals surface area contributed by atoms with Gasteiger partial charge in [0.2, 0.25) is 5.91 Å². The maximum atomic E-state index is 12.9. The van der Waals surface area contributed by atoms with Crippen molar-refractivity contribution in [2.45, 2.75) is 62.9 Å². The number of aromatic amines is 1. The van der Waals surface area contributed by atoms with E-state index in [2.05, 4.69) is 30.8 Å². The van der Waals surface area contributed by atoms with Gasteiger partial charge in [-0.2, -0.15) is 5.10 Å². The molecule has 0 spiro atoms. The second-order valence-electron chi connectivity index (χ2n) is 12.0. The number of anilines is 1. The summed E-state index contributed by atoms with van der Waals surface area (Å²) in [6.07, 6.45) is 0.639. The van der Waals surface area contributed by atoms with Crippen LogP contribution in [0.25, 0.3) is 22.4 Å². The number of imidazole rings is 1. The number of fused-ring (bicyclic) bond motifs is 1. The first-order valence-corrected chi connectivity index (χ1v) is 15.8. The van der Waals surface area contributed by atoms with Crippen molar-refractivity contribution in [3.63, 3.8) is 0 Å². The maximum Gasteiger partial charge on any atom is 0.237 e. The molecule has 2 aromatic carbocycles. The molecule has 1 unspecified atom stereocenters. The van der Waals surface area contributed by atoms with Crippen LogP contribution in [-0.2, 0) is 22.6 Å². The first kappa shape index (κ1) is 32.3. The molecule has 13 nitrogen and oxygen atoms in total. The number of aromatic nitrogens is 5. The van der Waals surface area contributed by atoms with E-state index in [0.717, 1.165) is 16.8 Å². The number of ether oxygens (including phenoxy) is 1. The fourth-order valence-corrected chi connectivity index (χ4v) is 6.02. The van der Waals surface area contributed by atoms with E-state index < -0.39 is 30.6 Å². The van der Waals surface area contributed by atoms with Gasteiger partial charge in [-0.25, -0.2) is 9.97 Å². The molecule has 246 valence electrons. The van der Waals surface area contributed by atoms with Crippen LogP contribution in [0.1, 0.15) is 36.7 Å². The van der Waals surface area contributed by atoms with E-state index in [-0.39, 0.29) is 18.4 Å². The third-order valence-electron chi connectivity index (χ3n) is 8.66. The van der Waals surface area contributed by atoms with Crippen LogP contribution < -0.4 is 22.1 Å². The zero-order valence-electron chi connectivity index (χ0n) is 25.9. The smallest absolute Gasteiger partial charge is 0.237 e. The van der Waals surface area contributed by atoms with Crippen molar-refractivity contribution < 1.29 is 19.7 Å². The summed E-state index contributed by atoms with van der Waals surface area (Å²) >= 11 is 0. The molecule has 1 fully saturated rings. The Morgan fingerprint density at radius 1 is 1.00 bits per heavy atom. The Labute approximate surface area is 272 Å². The lowest BCUT2D eigenvalue weighted by molar-refractivity contribution is -0.122. The Morgan fingerprint density at radius 2 is 1.77 bits per heavy atom. The third kappa shape index (κ3) is 7.67. The number of nitrogens with zero attached hydrogens (tertiary/aromatic N) is 4. The predicted molar refractivity (Wildman–Crippen MR) is 177 cm³/mol. The van der Waals surface area contributed by atoms with E-state index in [1.165, 1.54) is 6.33 Å². The SMILES string of the molecule is Nc1ccnc2c1ncn2[C@@H]1O[C@H](C[C@H](CC[C@H](N)C(=O)NCc2cc(-c3ccccc3)[nH]n2)CNCc2ccccc2)[C@H](O)C1O. The first-order valence-electron chi connectivity index (χ1n) is 15.8. The van der Waals surface area contributed by atoms with Gasteiger partial charge in [0.05, 0.1) is 42.1 Å². The molecule has 1 aliphatic heterocycles. The van der Waals surface area contributed by atoms with Crippen molar-refractivity contribution >= 4 is 22.8 Å². The number of nitrogens with two attached hydrogens (primary N) is 2. The van der Waals surface area contributed by atoms with Crippen molar-refractivity contribution in [1.82, 2.24) is 35.4 Å². The molecule has 3 aromatic heterocycles. The summed E-state index contributed by atoms with van der Waals surface area (Å²) in [5.74, 6) is -0.284. The molecule has 5 aromatic rings. The number of hydrogen-bond acceptors (Lipinski definition) is 10. The van der Waals surface area contributed by atoms with Gasteiger partial charge in [0.15, 0.2) is 11.9 Å². The normalized spacial score (nSPS) is 20.7. The molecule has 0 aliphatic carbocycles. The summed E-state index contributed by atoms with van der Waals surface area (Å²) in [6.45, 7) is 1.51. The molecule has 1 amide bonds. The average molecular weight is 640 g/mol. The molecular weight excluding hydrogens is 598 g/mol. The van der Waals surface area contributed by atoms with Gasteiger partial charge in [-0.05, 0) is 55.0 Å². The van der Waals surface area contributed by atoms with Gasteiger partial charge in [-0.15, -0.1) is 0 Å². The summed E-state index contributed by atoms with van der Waals surface area (Å²) in [5.41, 5.74) is 17.5. The summed E-state index contributed by atoms with van der Waals surface area (Å²) < 4.78 is 7.84. The van der Waals surface area contributed by atoms with Gasteiger partial charge in [0, 0.05) is 12.7 Å². The average Bonchev–Trinajstić information content (AvgIpc) is 3.82. The minimum atomic E-state index is -1.20. The number of aliphatic hydroxyl groups excluding tert-OH is 2. The van der Waals surface area contributed by atoms with Gasteiger partial charge >= 0.3 is 0 Å². The molecule has 0 bridgehead atoms. The molecule has 13 heteroatoms. The Bertz CT molecular complexity index is 1750.